The molecule has 3 aromatic rings. The second kappa shape index (κ2) is 8.47. The van der Waals surface area contributed by atoms with Crippen molar-refractivity contribution in [3.05, 3.63) is 81.1 Å². The van der Waals surface area contributed by atoms with E-state index in [0.29, 0.717) is 21.7 Å². The maximum absolute atomic E-state index is 12.8. The minimum Gasteiger partial charge on any atom is -0.348 e. The maximum atomic E-state index is 12.8. The number of hydrogen-bond donors (Lipinski definition) is 2. The lowest BCUT2D eigenvalue weighted by molar-refractivity contribution is 0.0903. The molecule has 1 aliphatic heterocycles. The van der Waals surface area contributed by atoms with Gasteiger partial charge in [0.2, 0.25) is 0 Å². The van der Waals surface area contributed by atoms with E-state index in [9.17, 15) is 10.1 Å². The van der Waals surface area contributed by atoms with E-state index in [1.54, 1.807) is 23.0 Å². The summed E-state index contributed by atoms with van der Waals surface area (Å²) in [6, 6.07) is 14.3. The molecule has 2 fully saturated rings. The topological polar surface area (TPSA) is 95.6 Å². The molecule has 3 aliphatic rings. The van der Waals surface area contributed by atoms with Crippen molar-refractivity contribution in [1.82, 2.24) is 25.6 Å². The van der Waals surface area contributed by atoms with Crippen LogP contribution in [0.4, 0.5) is 0 Å². The van der Waals surface area contributed by atoms with Gasteiger partial charge in [-0.2, -0.15) is 5.26 Å². The number of halogens is 1. The fraction of sp³-hybridized carbons (Fsp3) is 0.407. The zero-order valence-corrected chi connectivity index (χ0v) is 20.3. The molecule has 1 atom stereocenters. The summed E-state index contributed by atoms with van der Waals surface area (Å²) in [4.78, 5) is 12.8. The molecule has 1 amide bonds. The first kappa shape index (κ1) is 22.3. The average molecular weight is 487 g/mol. The van der Waals surface area contributed by atoms with Crippen molar-refractivity contribution in [2.75, 3.05) is 6.54 Å². The number of amides is 1. The molecule has 1 spiro atoms. The quantitative estimate of drug-likeness (QED) is 0.562. The number of benzene rings is 2. The van der Waals surface area contributed by atoms with Gasteiger partial charge in [0.15, 0.2) is 5.69 Å². The van der Waals surface area contributed by atoms with E-state index in [1.165, 1.54) is 24.0 Å². The molecule has 2 aromatic carbocycles. The maximum Gasteiger partial charge on any atom is 0.273 e. The third-order valence-electron chi connectivity index (χ3n) is 8.00. The Morgan fingerprint density at radius 2 is 2.11 bits per heavy atom. The molecule has 8 heteroatoms. The second-order valence-corrected chi connectivity index (χ2v) is 10.7. The van der Waals surface area contributed by atoms with Gasteiger partial charge in [0, 0.05) is 29.6 Å². The molecule has 2 N–H and O–H groups in total. The van der Waals surface area contributed by atoms with E-state index >= 15 is 0 Å². The van der Waals surface area contributed by atoms with Gasteiger partial charge in [0.1, 0.15) is 0 Å². The molecular weight excluding hydrogens is 460 g/mol. The minimum atomic E-state index is -0.219. The zero-order chi connectivity index (χ0) is 24.2. The van der Waals surface area contributed by atoms with Crippen LogP contribution >= 0.6 is 11.6 Å². The van der Waals surface area contributed by atoms with Gasteiger partial charge in [-0.3, -0.25) is 4.79 Å². The first-order chi connectivity index (χ1) is 17.0. The minimum absolute atomic E-state index is 0.0215. The average Bonchev–Trinajstić information content (AvgIpc) is 3.42. The predicted molar refractivity (Wildman–Crippen MR) is 132 cm³/mol. The van der Waals surface area contributed by atoms with E-state index in [2.05, 4.69) is 52.1 Å². The Bertz CT molecular complexity index is 1350. The van der Waals surface area contributed by atoms with Crippen molar-refractivity contribution in [3.8, 4) is 6.07 Å². The summed E-state index contributed by atoms with van der Waals surface area (Å²) in [6.07, 6.45) is 5.81. The molecule has 0 saturated heterocycles. The molecule has 35 heavy (non-hydrogen) atoms. The SMILES string of the molecule is CC(c1ccc2c(c1)CNCC21CC1)n1cc(C(=O)NC2CC(c3cc(Cl)ccc3C#N)C2)nn1. The van der Waals surface area contributed by atoms with E-state index in [4.69, 9.17) is 11.6 Å². The largest absolute Gasteiger partial charge is 0.348 e. The molecule has 2 aliphatic carbocycles. The monoisotopic (exact) mass is 486 g/mol. The van der Waals surface area contributed by atoms with Gasteiger partial charge in [-0.05, 0) is 79.0 Å². The second-order valence-electron chi connectivity index (χ2n) is 10.2. The van der Waals surface area contributed by atoms with Crippen molar-refractivity contribution in [3.63, 3.8) is 0 Å². The molecule has 6 rings (SSSR count). The van der Waals surface area contributed by atoms with Gasteiger partial charge in [-0.1, -0.05) is 35.0 Å². The lowest BCUT2D eigenvalue weighted by Crippen LogP contribution is -2.43. The van der Waals surface area contributed by atoms with Crippen LogP contribution in [-0.2, 0) is 12.0 Å². The zero-order valence-electron chi connectivity index (χ0n) is 19.6. The lowest BCUT2D eigenvalue weighted by Gasteiger charge is -2.36. The van der Waals surface area contributed by atoms with Crippen LogP contribution in [0.1, 0.15) is 82.9 Å². The van der Waals surface area contributed by atoms with Crippen LogP contribution in [0.15, 0.2) is 42.6 Å². The highest BCUT2D eigenvalue weighted by molar-refractivity contribution is 6.30. The van der Waals surface area contributed by atoms with Crippen LogP contribution in [0.3, 0.4) is 0 Å². The summed E-state index contributed by atoms with van der Waals surface area (Å²) < 4.78 is 1.76. The van der Waals surface area contributed by atoms with Crippen molar-refractivity contribution < 1.29 is 4.79 Å². The number of carbonyl (C=O) groups excluding carboxylic acids is 1. The van der Waals surface area contributed by atoms with Crippen LogP contribution < -0.4 is 10.6 Å². The Labute approximate surface area is 209 Å². The van der Waals surface area contributed by atoms with Gasteiger partial charge in [0.05, 0.1) is 23.9 Å². The fourth-order valence-corrected chi connectivity index (χ4v) is 5.79. The van der Waals surface area contributed by atoms with Crippen LogP contribution in [0.2, 0.25) is 5.02 Å². The molecular formula is C27H27ClN6O. The number of aromatic nitrogens is 3. The third kappa shape index (κ3) is 4.01. The number of nitrogens with zero attached hydrogens (tertiary/aromatic N) is 4. The lowest BCUT2D eigenvalue weighted by atomic mass is 9.74. The molecule has 178 valence electrons. The molecule has 2 heterocycles. The summed E-state index contributed by atoms with van der Waals surface area (Å²) in [7, 11) is 0. The fourth-order valence-electron chi connectivity index (χ4n) is 5.61. The number of carbonyl (C=O) groups is 1. The molecule has 1 aromatic heterocycles. The standard InChI is InChI=1S/C27H27ClN6O/c1-16(17-3-5-24-20(8-17)13-30-15-27(24)6-7-27)34-14-25(32-33-34)26(35)31-22-9-19(10-22)23-11-21(28)4-2-18(23)12-29/h2-5,8,11,14,16,19,22,30H,6-7,9-10,13,15H2,1H3,(H,31,35). The summed E-state index contributed by atoms with van der Waals surface area (Å²) in [5.41, 5.74) is 6.30. The number of rotatable bonds is 5. The molecule has 0 radical (unpaired) electrons. The normalized spacial score (nSPS) is 22.5. The van der Waals surface area contributed by atoms with Gasteiger partial charge in [0.25, 0.3) is 5.91 Å². The first-order valence-electron chi connectivity index (χ1n) is 12.2. The van der Waals surface area contributed by atoms with Crippen LogP contribution in [-0.4, -0.2) is 33.5 Å². The van der Waals surface area contributed by atoms with Gasteiger partial charge < -0.3 is 10.6 Å². The van der Waals surface area contributed by atoms with Crippen molar-refractivity contribution in [2.45, 2.75) is 62.6 Å². The molecule has 0 bridgehead atoms. The highest BCUT2D eigenvalue weighted by atomic mass is 35.5. The Hall–Kier alpha value is -3.21. The van der Waals surface area contributed by atoms with Crippen LogP contribution in [0.5, 0.6) is 0 Å². The Morgan fingerprint density at radius 1 is 1.29 bits per heavy atom. The summed E-state index contributed by atoms with van der Waals surface area (Å²) in [5, 5.41) is 25.0. The predicted octanol–water partition coefficient (Wildman–Crippen LogP) is 4.22. The Balaban J connectivity index is 1.10. The molecule has 7 nitrogen and oxygen atoms in total. The highest BCUT2D eigenvalue weighted by Gasteiger charge is 2.46. The van der Waals surface area contributed by atoms with Crippen molar-refractivity contribution in [2.24, 2.45) is 0 Å². The van der Waals surface area contributed by atoms with Gasteiger partial charge in [-0.15, -0.1) is 5.10 Å². The summed E-state index contributed by atoms with van der Waals surface area (Å²) in [5.74, 6) is 0.00134. The molecule has 1 unspecified atom stereocenters. The van der Waals surface area contributed by atoms with Crippen molar-refractivity contribution >= 4 is 17.5 Å². The molecule has 2 saturated carbocycles. The Kier molecular flexibility index (Phi) is 5.39. The van der Waals surface area contributed by atoms with Crippen LogP contribution in [0.25, 0.3) is 0 Å². The van der Waals surface area contributed by atoms with Gasteiger partial charge >= 0.3 is 0 Å². The number of hydrogen-bond acceptors (Lipinski definition) is 5. The first-order valence-corrected chi connectivity index (χ1v) is 12.6. The van der Waals surface area contributed by atoms with E-state index in [0.717, 1.165) is 37.1 Å². The number of fused-ring (bicyclic) bond motifs is 2. The summed E-state index contributed by atoms with van der Waals surface area (Å²) in [6.45, 7) is 4.06. The van der Waals surface area contributed by atoms with Gasteiger partial charge in [-0.25, -0.2) is 4.68 Å². The smallest absolute Gasteiger partial charge is 0.273 e. The van der Waals surface area contributed by atoms with Crippen molar-refractivity contribution in [1.29, 1.82) is 5.26 Å². The Morgan fingerprint density at radius 3 is 2.89 bits per heavy atom. The number of nitriles is 1. The highest BCUT2D eigenvalue weighted by Crippen LogP contribution is 2.50. The summed E-state index contributed by atoms with van der Waals surface area (Å²) >= 11 is 6.12. The van der Waals surface area contributed by atoms with E-state index in [1.807, 2.05) is 6.07 Å². The van der Waals surface area contributed by atoms with E-state index in [-0.39, 0.29) is 23.9 Å². The third-order valence-corrected chi connectivity index (χ3v) is 8.24. The number of nitrogens with one attached hydrogen (secondary N) is 2. The van der Waals surface area contributed by atoms with Crippen LogP contribution in [0, 0.1) is 11.3 Å². The van der Waals surface area contributed by atoms with E-state index < -0.39 is 0 Å².